The molecular weight excluding hydrogens is 531 g/mol. The number of carbonyl (C=O) groups is 2. The zero-order valence-corrected chi connectivity index (χ0v) is 23.9. The third-order valence-electron chi connectivity index (χ3n) is 10.7. The largest absolute Gasteiger partial charge is 0.497 e. The van der Waals surface area contributed by atoms with Crippen molar-refractivity contribution in [2.45, 2.75) is 63.8 Å². The van der Waals surface area contributed by atoms with Crippen LogP contribution in [0.1, 0.15) is 62.5 Å². The molecule has 1 aromatic carbocycles. The van der Waals surface area contributed by atoms with Gasteiger partial charge in [0.25, 0.3) is 5.91 Å². The molecule has 2 aromatic rings. The first kappa shape index (κ1) is 27.3. The third kappa shape index (κ3) is 3.50. The van der Waals surface area contributed by atoms with Gasteiger partial charge in [0.2, 0.25) is 0 Å². The Morgan fingerprint density at radius 2 is 1.95 bits per heavy atom. The van der Waals surface area contributed by atoms with Crippen molar-refractivity contribution in [3.05, 3.63) is 64.7 Å². The van der Waals surface area contributed by atoms with Gasteiger partial charge in [0, 0.05) is 27.7 Å². The van der Waals surface area contributed by atoms with E-state index in [2.05, 4.69) is 10.3 Å². The summed E-state index contributed by atoms with van der Waals surface area (Å²) in [6.45, 7) is 5.70. The van der Waals surface area contributed by atoms with E-state index in [1.165, 1.54) is 23.5 Å². The number of nitrogens with zero attached hydrogens (tertiary/aromatic N) is 1. The van der Waals surface area contributed by atoms with Crippen LogP contribution in [0.4, 0.5) is 9.52 Å². The number of aliphatic hydroxyl groups is 2. The van der Waals surface area contributed by atoms with Crippen LogP contribution < -0.4 is 10.1 Å². The fraction of sp³-hybridized carbons (Fsp3) is 0.516. The van der Waals surface area contributed by atoms with E-state index in [0.29, 0.717) is 41.4 Å². The Bertz CT molecular complexity index is 1440. The van der Waals surface area contributed by atoms with Crippen LogP contribution in [0, 0.1) is 28.6 Å². The molecule has 0 aliphatic heterocycles. The van der Waals surface area contributed by atoms with Crippen molar-refractivity contribution in [3.8, 4) is 5.75 Å². The summed E-state index contributed by atoms with van der Waals surface area (Å²) in [5.41, 5.74) is -3.68. The molecule has 1 heterocycles. The Labute approximate surface area is 237 Å². The molecule has 0 bridgehead atoms. The number of benzene rings is 1. The lowest BCUT2D eigenvalue weighted by molar-refractivity contribution is -0.223. The maximum absolute atomic E-state index is 17.4. The zero-order chi connectivity index (χ0) is 28.7. The predicted molar refractivity (Wildman–Crippen MR) is 150 cm³/mol. The molecule has 6 rings (SSSR count). The highest BCUT2D eigenvalue weighted by atomic mass is 32.1. The van der Waals surface area contributed by atoms with Gasteiger partial charge in [0.05, 0.1) is 18.9 Å². The van der Waals surface area contributed by atoms with Crippen molar-refractivity contribution in [1.82, 2.24) is 4.98 Å². The molecule has 3 saturated carbocycles. The molecule has 9 heteroatoms. The summed E-state index contributed by atoms with van der Waals surface area (Å²) in [4.78, 5) is 29.6. The SMILES string of the molecule is COc1ccc(C(=O)Nc2nc([C@@]3(O)[C@H](C)C[C@H]4[C@@H]5CCC6=CC(=O)C=C[C@]6(C)[C@@]5(F)[C@@H](O)C[C@@]43C)cs2)cc1. The van der Waals surface area contributed by atoms with Crippen LogP contribution >= 0.6 is 11.3 Å². The number of rotatable bonds is 4. The first-order chi connectivity index (χ1) is 18.9. The number of fused-ring (bicyclic) bond motifs is 5. The number of ketones is 1. The van der Waals surface area contributed by atoms with E-state index in [1.807, 2.05) is 13.8 Å². The number of methoxy groups -OCH3 is 1. The molecule has 0 radical (unpaired) electrons. The van der Waals surface area contributed by atoms with Crippen molar-refractivity contribution in [1.29, 1.82) is 0 Å². The predicted octanol–water partition coefficient (Wildman–Crippen LogP) is 5.21. The highest BCUT2D eigenvalue weighted by Crippen LogP contribution is 2.72. The van der Waals surface area contributed by atoms with E-state index < -0.39 is 34.1 Å². The molecule has 1 aromatic heterocycles. The molecule has 0 unspecified atom stereocenters. The smallest absolute Gasteiger partial charge is 0.257 e. The summed E-state index contributed by atoms with van der Waals surface area (Å²) in [5, 5.41) is 29.0. The number of halogens is 1. The normalized spacial score (nSPS) is 40.1. The number of aliphatic hydroxyl groups excluding tert-OH is 1. The van der Waals surface area contributed by atoms with Crippen LogP contribution in [0.15, 0.2) is 53.4 Å². The molecule has 4 aliphatic rings. The van der Waals surface area contributed by atoms with Gasteiger partial charge in [-0.15, -0.1) is 11.3 Å². The van der Waals surface area contributed by atoms with E-state index in [0.717, 1.165) is 5.57 Å². The van der Waals surface area contributed by atoms with Crippen molar-refractivity contribution in [2.75, 3.05) is 12.4 Å². The molecular formula is C31H35FN2O5S. The molecule has 1 amide bonds. The fourth-order valence-corrected chi connectivity index (χ4v) is 9.27. The number of nitrogens with one attached hydrogen (secondary N) is 1. The van der Waals surface area contributed by atoms with Crippen molar-refractivity contribution >= 4 is 28.2 Å². The summed E-state index contributed by atoms with van der Waals surface area (Å²) in [7, 11) is 1.56. The standard InChI is InChI=1S/C31H35FN2O5S/c1-17-13-23-22-10-7-19-14-20(35)11-12-28(19,2)30(22,32)25(36)15-29(23,3)31(17,38)24-16-40-27(33-24)34-26(37)18-5-8-21(39-4)9-6-18/h5-6,8-9,11-12,14,16-17,22-23,25,36,38H,7,10,13,15H2,1-4H3,(H,33,34,37)/t17-,22+,23+,25+,28+,29+,30+,31+/m1/s1. The van der Waals surface area contributed by atoms with Gasteiger partial charge >= 0.3 is 0 Å². The minimum atomic E-state index is -1.96. The van der Waals surface area contributed by atoms with E-state index in [-0.39, 0.29) is 29.9 Å². The molecule has 3 fully saturated rings. The van der Waals surface area contributed by atoms with Crippen LogP contribution in [-0.4, -0.2) is 45.8 Å². The van der Waals surface area contributed by atoms with Gasteiger partial charge in [0.15, 0.2) is 16.6 Å². The van der Waals surface area contributed by atoms with Crippen LogP contribution in [0.25, 0.3) is 0 Å². The minimum Gasteiger partial charge on any atom is -0.497 e. The fourth-order valence-electron chi connectivity index (χ4n) is 8.51. The number of ether oxygens (including phenoxy) is 1. The number of aromatic nitrogens is 1. The van der Waals surface area contributed by atoms with Gasteiger partial charge in [-0.05, 0) is 80.9 Å². The van der Waals surface area contributed by atoms with E-state index in [1.54, 1.807) is 49.8 Å². The number of allylic oxidation sites excluding steroid dienone is 4. The monoisotopic (exact) mass is 566 g/mol. The van der Waals surface area contributed by atoms with Crippen molar-refractivity contribution in [2.24, 2.45) is 28.6 Å². The van der Waals surface area contributed by atoms with Gasteiger partial charge in [-0.1, -0.05) is 25.5 Å². The van der Waals surface area contributed by atoms with Crippen LogP contribution in [0.3, 0.4) is 0 Å². The van der Waals surface area contributed by atoms with Crippen LogP contribution in [-0.2, 0) is 10.4 Å². The Morgan fingerprint density at radius 3 is 2.65 bits per heavy atom. The number of hydrogen-bond acceptors (Lipinski definition) is 7. The first-order valence-corrected chi connectivity index (χ1v) is 14.7. The lowest BCUT2D eigenvalue weighted by Crippen LogP contribution is -2.68. The zero-order valence-electron chi connectivity index (χ0n) is 23.1. The van der Waals surface area contributed by atoms with Gasteiger partial charge in [-0.25, -0.2) is 9.37 Å². The minimum absolute atomic E-state index is 0.0568. The number of carbonyl (C=O) groups excluding carboxylic acids is 2. The number of alkyl halides is 1. The topological polar surface area (TPSA) is 109 Å². The van der Waals surface area contributed by atoms with E-state index in [4.69, 9.17) is 4.74 Å². The second kappa shape index (κ2) is 9.06. The highest BCUT2D eigenvalue weighted by molar-refractivity contribution is 7.14. The molecule has 7 nitrogen and oxygen atoms in total. The number of thiazole rings is 1. The van der Waals surface area contributed by atoms with Crippen LogP contribution in [0.2, 0.25) is 0 Å². The second-order valence-corrected chi connectivity index (χ2v) is 13.2. The van der Waals surface area contributed by atoms with Crippen molar-refractivity contribution in [3.63, 3.8) is 0 Å². The molecule has 212 valence electrons. The quantitative estimate of drug-likeness (QED) is 0.469. The summed E-state index contributed by atoms with van der Waals surface area (Å²) in [5.74, 6) is -0.778. The Balaban J connectivity index is 1.31. The van der Waals surface area contributed by atoms with E-state index >= 15 is 4.39 Å². The summed E-state index contributed by atoms with van der Waals surface area (Å²) in [6.07, 6.45) is 4.97. The van der Waals surface area contributed by atoms with Gasteiger partial charge in [0.1, 0.15) is 11.4 Å². The number of amides is 1. The molecule has 40 heavy (non-hydrogen) atoms. The van der Waals surface area contributed by atoms with Gasteiger partial charge in [-0.3, -0.25) is 14.9 Å². The summed E-state index contributed by atoms with van der Waals surface area (Å²) >= 11 is 1.23. The maximum atomic E-state index is 17.4. The summed E-state index contributed by atoms with van der Waals surface area (Å²) in [6, 6.07) is 6.74. The lowest BCUT2D eigenvalue weighted by Gasteiger charge is -2.62. The average molecular weight is 567 g/mol. The van der Waals surface area contributed by atoms with Gasteiger partial charge < -0.3 is 14.9 Å². The number of hydrogen-bond donors (Lipinski definition) is 3. The van der Waals surface area contributed by atoms with Crippen LogP contribution in [0.5, 0.6) is 5.75 Å². The summed E-state index contributed by atoms with van der Waals surface area (Å²) < 4.78 is 22.6. The average Bonchev–Trinajstić information content (AvgIpc) is 3.47. The van der Waals surface area contributed by atoms with Crippen molar-refractivity contribution < 1.29 is 28.9 Å². The lowest BCUT2D eigenvalue weighted by atomic mass is 9.44. The second-order valence-electron chi connectivity index (χ2n) is 12.4. The third-order valence-corrected chi connectivity index (χ3v) is 11.4. The molecule has 0 saturated heterocycles. The first-order valence-electron chi connectivity index (χ1n) is 13.8. The Kier molecular flexibility index (Phi) is 6.18. The highest BCUT2D eigenvalue weighted by Gasteiger charge is 2.74. The number of anilines is 1. The van der Waals surface area contributed by atoms with Gasteiger partial charge in [-0.2, -0.15) is 0 Å². The molecule has 3 N–H and O–H groups in total. The molecule has 4 aliphatic carbocycles. The maximum Gasteiger partial charge on any atom is 0.257 e. The Morgan fingerprint density at radius 1 is 1.23 bits per heavy atom. The van der Waals surface area contributed by atoms with E-state index in [9.17, 15) is 19.8 Å². The molecule has 0 spiro atoms. The molecule has 8 atom stereocenters. The Hall–Kier alpha value is -2.88.